The zero-order valence-corrected chi connectivity index (χ0v) is 11.8. The number of rotatable bonds is 4. The van der Waals surface area contributed by atoms with Gasteiger partial charge < -0.3 is 10.6 Å². The number of anilines is 2. The molecule has 2 rings (SSSR count). The Morgan fingerprint density at radius 1 is 1.25 bits per heavy atom. The van der Waals surface area contributed by atoms with Gasteiger partial charge in [0.25, 0.3) is 5.91 Å². The first-order chi connectivity index (χ1) is 9.65. The van der Waals surface area contributed by atoms with Gasteiger partial charge in [-0.05, 0) is 37.1 Å². The molecule has 20 heavy (non-hydrogen) atoms. The fourth-order valence-corrected chi connectivity index (χ4v) is 2.13. The third kappa shape index (κ3) is 2.79. The Hall–Kier alpha value is -2.36. The molecule has 0 radical (unpaired) electrons. The number of hydrogen-bond acceptors (Lipinski definition) is 3. The van der Waals surface area contributed by atoms with E-state index < -0.39 is 0 Å². The molecule has 1 heterocycles. The second-order valence-corrected chi connectivity index (χ2v) is 4.68. The molecule has 0 fully saturated rings. The summed E-state index contributed by atoms with van der Waals surface area (Å²) in [7, 11) is 0. The Morgan fingerprint density at radius 2 is 2.00 bits per heavy atom. The normalized spacial score (nSPS) is 10.3. The molecule has 2 N–H and O–H groups in total. The number of hydrogen-bond donors (Lipinski definition) is 1. The lowest BCUT2D eigenvalue weighted by molar-refractivity contribution is 0.0981. The van der Waals surface area contributed by atoms with Crippen molar-refractivity contribution < 1.29 is 4.79 Å². The summed E-state index contributed by atoms with van der Waals surface area (Å²) in [5.74, 6) is -0.108. The van der Waals surface area contributed by atoms with Crippen molar-refractivity contribution in [1.82, 2.24) is 4.98 Å². The predicted molar refractivity (Wildman–Crippen MR) is 81.8 cm³/mol. The monoisotopic (exact) mass is 269 g/mol. The first-order valence-corrected chi connectivity index (χ1v) is 6.73. The van der Waals surface area contributed by atoms with Gasteiger partial charge in [-0.25, -0.2) is 0 Å². The van der Waals surface area contributed by atoms with Gasteiger partial charge >= 0.3 is 0 Å². The van der Waals surface area contributed by atoms with Crippen molar-refractivity contribution in [2.75, 3.05) is 17.2 Å². The average molecular weight is 269 g/mol. The largest absolute Gasteiger partial charge is 0.397 e. The summed E-state index contributed by atoms with van der Waals surface area (Å²) < 4.78 is 0. The molecular weight excluding hydrogens is 250 g/mol. The van der Waals surface area contributed by atoms with E-state index >= 15 is 0 Å². The Balaban J connectivity index is 2.42. The third-order valence-corrected chi connectivity index (χ3v) is 3.13. The first-order valence-electron chi connectivity index (χ1n) is 6.73. The number of amides is 1. The van der Waals surface area contributed by atoms with E-state index in [9.17, 15) is 4.79 Å². The van der Waals surface area contributed by atoms with Crippen LogP contribution in [0.2, 0.25) is 0 Å². The van der Waals surface area contributed by atoms with E-state index in [1.807, 2.05) is 44.2 Å². The van der Waals surface area contributed by atoms with Gasteiger partial charge in [-0.1, -0.05) is 25.1 Å². The number of pyridine rings is 1. The van der Waals surface area contributed by atoms with Crippen LogP contribution < -0.4 is 10.6 Å². The molecule has 1 amide bonds. The van der Waals surface area contributed by atoms with E-state index in [0.29, 0.717) is 17.9 Å². The Kier molecular flexibility index (Phi) is 4.35. The molecular formula is C16H19N3O. The van der Waals surface area contributed by atoms with Crippen molar-refractivity contribution in [2.45, 2.75) is 20.3 Å². The summed E-state index contributed by atoms with van der Waals surface area (Å²) in [6.45, 7) is 4.53. The zero-order chi connectivity index (χ0) is 14.5. The Labute approximate surface area is 119 Å². The summed E-state index contributed by atoms with van der Waals surface area (Å²) in [6, 6.07) is 11.1. The number of para-hydroxylation sites is 2. The van der Waals surface area contributed by atoms with Crippen LogP contribution in [0.4, 0.5) is 11.4 Å². The number of aromatic nitrogens is 1. The third-order valence-electron chi connectivity index (χ3n) is 3.13. The van der Waals surface area contributed by atoms with Crippen LogP contribution in [0.15, 0.2) is 42.6 Å². The number of aryl methyl sites for hydroxylation is 1. The van der Waals surface area contributed by atoms with Crippen LogP contribution in [0.1, 0.15) is 29.4 Å². The number of benzene rings is 1. The first kappa shape index (κ1) is 14.1. The standard InChI is InChI=1S/C16H19N3O/c1-3-11-19(14-9-5-4-8-13(14)17)16(20)15-12(2)7-6-10-18-15/h4-10H,3,11,17H2,1-2H3. The molecule has 4 heteroatoms. The van der Waals surface area contributed by atoms with Gasteiger partial charge in [0.15, 0.2) is 0 Å². The maximum absolute atomic E-state index is 12.7. The number of nitrogens with zero attached hydrogens (tertiary/aromatic N) is 2. The van der Waals surface area contributed by atoms with E-state index in [4.69, 9.17) is 5.73 Å². The van der Waals surface area contributed by atoms with Crippen molar-refractivity contribution in [3.63, 3.8) is 0 Å². The average Bonchev–Trinajstić information content (AvgIpc) is 2.46. The molecule has 1 aromatic carbocycles. The molecule has 0 bridgehead atoms. The lowest BCUT2D eigenvalue weighted by Gasteiger charge is -2.23. The molecule has 0 aliphatic carbocycles. The number of carbonyl (C=O) groups excluding carboxylic acids is 1. The van der Waals surface area contributed by atoms with Gasteiger partial charge in [-0.15, -0.1) is 0 Å². The number of carbonyl (C=O) groups is 1. The zero-order valence-electron chi connectivity index (χ0n) is 11.8. The highest BCUT2D eigenvalue weighted by Crippen LogP contribution is 2.24. The lowest BCUT2D eigenvalue weighted by atomic mass is 10.1. The maximum Gasteiger partial charge on any atom is 0.277 e. The second-order valence-electron chi connectivity index (χ2n) is 4.68. The van der Waals surface area contributed by atoms with Gasteiger partial charge in [0.1, 0.15) is 5.69 Å². The summed E-state index contributed by atoms with van der Waals surface area (Å²) in [4.78, 5) is 18.6. The highest BCUT2D eigenvalue weighted by atomic mass is 16.2. The number of nitrogens with two attached hydrogens (primary N) is 1. The predicted octanol–water partition coefficient (Wildman–Crippen LogP) is 3.03. The quantitative estimate of drug-likeness (QED) is 0.868. The van der Waals surface area contributed by atoms with E-state index in [1.165, 1.54) is 0 Å². The highest BCUT2D eigenvalue weighted by molar-refractivity contribution is 6.07. The molecule has 0 aliphatic heterocycles. The van der Waals surface area contributed by atoms with Gasteiger partial charge in [-0.2, -0.15) is 0 Å². The van der Waals surface area contributed by atoms with E-state index in [2.05, 4.69) is 4.98 Å². The van der Waals surface area contributed by atoms with E-state index in [-0.39, 0.29) is 5.91 Å². The molecule has 0 saturated carbocycles. The van der Waals surface area contributed by atoms with Crippen LogP contribution in [0.5, 0.6) is 0 Å². The maximum atomic E-state index is 12.7. The molecule has 0 saturated heterocycles. The minimum atomic E-state index is -0.108. The topological polar surface area (TPSA) is 59.2 Å². The fourth-order valence-electron chi connectivity index (χ4n) is 2.13. The van der Waals surface area contributed by atoms with Crippen molar-refractivity contribution in [2.24, 2.45) is 0 Å². The minimum Gasteiger partial charge on any atom is -0.397 e. The van der Waals surface area contributed by atoms with Crippen molar-refractivity contribution in [3.8, 4) is 0 Å². The summed E-state index contributed by atoms with van der Waals surface area (Å²) in [5.41, 5.74) is 8.68. The van der Waals surface area contributed by atoms with Crippen LogP contribution in [0.25, 0.3) is 0 Å². The smallest absolute Gasteiger partial charge is 0.277 e. The Bertz CT molecular complexity index is 610. The highest BCUT2D eigenvalue weighted by Gasteiger charge is 2.21. The van der Waals surface area contributed by atoms with Crippen molar-refractivity contribution in [1.29, 1.82) is 0 Å². The molecule has 0 atom stereocenters. The fraction of sp³-hybridized carbons (Fsp3) is 0.250. The molecule has 104 valence electrons. The number of nitrogen functional groups attached to an aromatic ring is 1. The van der Waals surface area contributed by atoms with Gasteiger partial charge in [-0.3, -0.25) is 9.78 Å². The molecule has 1 aromatic heterocycles. The SMILES string of the molecule is CCCN(C(=O)c1ncccc1C)c1ccccc1N. The van der Waals surface area contributed by atoms with Gasteiger partial charge in [0.05, 0.1) is 11.4 Å². The van der Waals surface area contributed by atoms with Crippen LogP contribution in [0.3, 0.4) is 0 Å². The second kappa shape index (κ2) is 6.19. The Morgan fingerprint density at radius 3 is 2.65 bits per heavy atom. The summed E-state index contributed by atoms with van der Waals surface area (Å²) in [5, 5.41) is 0. The van der Waals surface area contributed by atoms with E-state index in [1.54, 1.807) is 17.2 Å². The van der Waals surface area contributed by atoms with E-state index in [0.717, 1.165) is 17.7 Å². The molecule has 4 nitrogen and oxygen atoms in total. The van der Waals surface area contributed by atoms with Crippen molar-refractivity contribution in [3.05, 3.63) is 53.9 Å². The molecule has 2 aromatic rings. The van der Waals surface area contributed by atoms with Gasteiger partial charge in [0.2, 0.25) is 0 Å². The summed E-state index contributed by atoms with van der Waals surface area (Å²) in [6.07, 6.45) is 2.49. The molecule has 0 aliphatic rings. The van der Waals surface area contributed by atoms with Crippen molar-refractivity contribution >= 4 is 17.3 Å². The lowest BCUT2D eigenvalue weighted by Crippen LogP contribution is -2.33. The molecule has 0 unspecified atom stereocenters. The molecule has 0 spiro atoms. The summed E-state index contributed by atoms with van der Waals surface area (Å²) >= 11 is 0. The van der Waals surface area contributed by atoms with Crippen LogP contribution in [0, 0.1) is 6.92 Å². The van der Waals surface area contributed by atoms with Crippen LogP contribution in [-0.4, -0.2) is 17.4 Å². The van der Waals surface area contributed by atoms with Gasteiger partial charge in [0, 0.05) is 12.7 Å². The minimum absolute atomic E-state index is 0.108. The van der Waals surface area contributed by atoms with Crippen LogP contribution in [-0.2, 0) is 0 Å². The van der Waals surface area contributed by atoms with Crippen LogP contribution >= 0.6 is 0 Å².